The first-order chi connectivity index (χ1) is 10.1. The van der Waals surface area contributed by atoms with Crippen molar-refractivity contribution in [3.05, 3.63) is 47.5 Å². The van der Waals surface area contributed by atoms with Gasteiger partial charge in [0, 0.05) is 6.20 Å². The summed E-state index contributed by atoms with van der Waals surface area (Å²) in [6.07, 6.45) is 3.43. The van der Waals surface area contributed by atoms with Gasteiger partial charge in [-0.15, -0.1) is 0 Å². The Labute approximate surface area is 123 Å². The molecule has 2 rings (SSSR count). The van der Waals surface area contributed by atoms with Crippen LogP contribution in [0.3, 0.4) is 0 Å². The number of carbonyl (C=O) groups excluding carboxylic acids is 1. The maximum atomic E-state index is 11.6. The molecule has 2 aromatic rings. The molecule has 0 bridgehead atoms. The van der Waals surface area contributed by atoms with E-state index in [-0.39, 0.29) is 5.97 Å². The molecule has 0 aliphatic heterocycles. The molecule has 0 saturated heterocycles. The predicted molar refractivity (Wildman–Crippen MR) is 80.9 cm³/mol. The van der Waals surface area contributed by atoms with E-state index in [0.717, 1.165) is 17.1 Å². The average molecular weight is 286 g/mol. The molecule has 0 aliphatic carbocycles. The van der Waals surface area contributed by atoms with Crippen LogP contribution in [0.5, 0.6) is 0 Å². The molecule has 6 heteroatoms. The molecule has 0 unspecified atom stereocenters. The first-order valence-electron chi connectivity index (χ1n) is 6.68. The van der Waals surface area contributed by atoms with Crippen molar-refractivity contribution in [3.63, 3.8) is 0 Å². The van der Waals surface area contributed by atoms with Crippen molar-refractivity contribution in [1.82, 2.24) is 9.97 Å². The molecule has 0 atom stereocenters. The molecular weight excluding hydrogens is 268 g/mol. The second-order valence-electron chi connectivity index (χ2n) is 4.53. The first kappa shape index (κ1) is 14.8. The quantitative estimate of drug-likeness (QED) is 0.646. The summed E-state index contributed by atoms with van der Waals surface area (Å²) in [5.74, 6) is -0.375. The van der Waals surface area contributed by atoms with Crippen LogP contribution in [0.25, 0.3) is 0 Å². The third kappa shape index (κ3) is 3.92. The van der Waals surface area contributed by atoms with Gasteiger partial charge < -0.3 is 15.8 Å². The fourth-order valence-corrected chi connectivity index (χ4v) is 1.76. The Bertz CT molecular complexity index is 626. The number of hydrogen-bond donors (Lipinski definition) is 2. The summed E-state index contributed by atoms with van der Waals surface area (Å²) in [4.78, 5) is 20.0. The molecule has 1 heterocycles. The molecule has 6 nitrogen and oxygen atoms in total. The third-order valence-corrected chi connectivity index (χ3v) is 2.86. The van der Waals surface area contributed by atoms with Gasteiger partial charge in [0.05, 0.1) is 47.7 Å². The number of rotatable bonds is 5. The van der Waals surface area contributed by atoms with Gasteiger partial charge in [-0.05, 0) is 32.0 Å². The number of aromatic nitrogens is 2. The van der Waals surface area contributed by atoms with Crippen LogP contribution >= 0.6 is 0 Å². The van der Waals surface area contributed by atoms with E-state index < -0.39 is 0 Å². The maximum Gasteiger partial charge on any atom is 0.338 e. The molecule has 0 fully saturated rings. The standard InChI is InChI=1S/C15H18N4O2/c1-3-21-15(20)11-4-5-14(13(16)6-11)19-9-12-8-17-10(2)7-18-12/h4-8,19H,3,9,16H2,1-2H3. The van der Waals surface area contributed by atoms with Gasteiger partial charge in [0.1, 0.15) is 0 Å². The van der Waals surface area contributed by atoms with Crippen molar-refractivity contribution in [2.24, 2.45) is 0 Å². The lowest BCUT2D eigenvalue weighted by Gasteiger charge is -2.10. The highest BCUT2D eigenvalue weighted by atomic mass is 16.5. The summed E-state index contributed by atoms with van der Waals surface area (Å²) in [7, 11) is 0. The van der Waals surface area contributed by atoms with Gasteiger partial charge >= 0.3 is 5.97 Å². The molecule has 0 amide bonds. The van der Waals surface area contributed by atoms with Crippen molar-refractivity contribution < 1.29 is 9.53 Å². The van der Waals surface area contributed by atoms with E-state index in [0.29, 0.717) is 24.4 Å². The monoisotopic (exact) mass is 286 g/mol. The summed E-state index contributed by atoms with van der Waals surface area (Å²) in [5.41, 5.74) is 9.29. The minimum Gasteiger partial charge on any atom is -0.462 e. The molecule has 21 heavy (non-hydrogen) atoms. The van der Waals surface area contributed by atoms with Crippen molar-refractivity contribution in [3.8, 4) is 0 Å². The zero-order valence-electron chi connectivity index (χ0n) is 12.1. The predicted octanol–water partition coefficient (Wildman–Crippen LogP) is 2.16. The highest BCUT2D eigenvalue weighted by Gasteiger charge is 2.09. The number of anilines is 2. The van der Waals surface area contributed by atoms with E-state index in [1.165, 1.54) is 0 Å². The van der Waals surface area contributed by atoms with E-state index >= 15 is 0 Å². The Morgan fingerprint density at radius 2 is 2.14 bits per heavy atom. The van der Waals surface area contributed by atoms with Gasteiger partial charge in [-0.2, -0.15) is 0 Å². The number of esters is 1. The van der Waals surface area contributed by atoms with Crippen LogP contribution in [0.2, 0.25) is 0 Å². The Balaban J connectivity index is 2.04. The number of benzene rings is 1. The number of hydrogen-bond acceptors (Lipinski definition) is 6. The summed E-state index contributed by atoms with van der Waals surface area (Å²) in [5, 5.41) is 3.17. The number of ether oxygens (including phenoxy) is 1. The van der Waals surface area contributed by atoms with E-state index in [4.69, 9.17) is 10.5 Å². The summed E-state index contributed by atoms with van der Waals surface area (Å²) in [6.45, 7) is 4.50. The van der Waals surface area contributed by atoms with Crippen LogP contribution in [0.1, 0.15) is 28.7 Å². The van der Waals surface area contributed by atoms with E-state index in [2.05, 4.69) is 15.3 Å². The Hall–Kier alpha value is -2.63. The zero-order valence-corrected chi connectivity index (χ0v) is 12.1. The second kappa shape index (κ2) is 6.69. The van der Waals surface area contributed by atoms with Gasteiger partial charge in [-0.25, -0.2) is 4.79 Å². The molecule has 3 N–H and O–H groups in total. The molecule has 1 aromatic heterocycles. The summed E-state index contributed by atoms with van der Waals surface area (Å²) >= 11 is 0. The average Bonchev–Trinajstić information content (AvgIpc) is 2.48. The Kier molecular flexibility index (Phi) is 4.71. The lowest BCUT2D eigenvalue weighted by atomic mass is 10.1. The van der Waals surface area contributed by atoms with Crippen molar-refractivity contribution in [2.75, 3.05) is 17.7 Å². The molecule has 110 valence electrons. The number of carbonyl (C=O) groups is 1. The van der Waals surface area contributed by atoms with Crippen molar-refractivity contribution in [2.45, 2.75) is 20.4 Å². The fraction of sp³-hybridized carbons (Fsp3) is 0.267. The molecular formula is C15H18N4O2. The van der Waals surface area contributed by atoms with Crippen LogP contribution in [0, 0.1) is 6.92 Å². The van der Waals surface area contributed by atoms with Crippen molar-refractivity contribution in [1.29, 1.82) is 0 Å². The summed E-state index contributed by atoms with van der Waals surface area (Å²) in [6, 6.07) is 5.03. The van der Waals surface area contributed by atoms with Gasteiger partial charge in [0.2, 0.25) is 0 Å². The number of nitrogens with two attached hydrogens (primary N) is 1. The van der Waals surface area contributed by atoms with Crippen LogP contribution < -0.4 is 11.1 Å². The van der Waals surface area contributed by atoms with Crippen LogP contribution in [-0.2, 0) is 11.3 Å². The SMILES string of the molecule is CCOC(=O)c1ccc(NCc2cnc(C)cn2)c(N)c1. The fourth-order valence-electron chi connectivity index (χ4n) is 1.76. The third-order valence-electron chi connectivity index (χ3n) is 2.86. The Morgan fingerprint density at radius 3 is 2.76 bits per heavy atom. The van der Waals surface area contributed by atoms with Gasteiger partial charge in [-0.1, -0.05) is 0 Å². The highest BCUT2D eigenvalue weighted by molar-refractivity contribution is 5.91. The summed E-state index contributed by atoms with van der Waals surface area (Å²) < 4.78 is 4.93. The van der Waals surface area contributed by atoms with Crippen LogP contribution in [0.4, 0.5) is 11.4 Å². The highest BCUT2D eigenvalue weighted by Crippen LogP contribution is 2.21. The minimum atomic E-state index is -0.375. The minimum absolute atomic E-state index is 0.338. The normalized spacial score (nSPS) is 10.2. The molecule has 0 spiro atoms. The van der Waals surface area contributed by atoms with E-state index in [9.17, 15) is 4.79 Å². The maximum absolute atomic E-state index is 11.6. The largest absolute Gasteiger partial charge is 0.462 e. The first-order valence-corrected chi connectivity index (χ1v) is 6.68. The molecule has 1 aromatic carbocycles. The zero-order chi connectivity index (χ0) is 15.2. The lowest BCUT2D eigenvalue weighted by molar-refractivity contribution is 0.0526. The second-order valence-corrected chi connectivity index (χ2v) is 4.53. The van der Waals surface area contributed by atoms with E-state index in [1.54, 1.807) is 37.5 Å². The van der Waals surface area contributed by atoms with Crippen LogP contribution in [-0.4, -0.2) is 22.5 Å². The molecule has 0 aliphatic rings. The number of aryl methyl sites for hydroxylation is 1. The number of nitrogen functional groups attached to an aromatic ring is 1. The number of nitrogens with zero attached hydrogens (tertiary/aromatic N) is 2. The smallest absolute Gasteiger partial charge is 0.338 e. The van der Waals surface area contributed by atoms with Crippen LogP contribution in [0.15, 0.2) is 30.6 Å². The van der Waals surface area contributed by atoms with Gasteiger partial charge in [0.25, 0.3) is 0 Å². The Morgan fingerprint density at radius 1 is 1.33 bits per heavy atom. The lowest BCUT2D eigenvalue weighted by Crippen LogP contribution is -2.08. The number of nitrogens with one attached hydrogen (secondary N) is 1. The molecule has 0 radical (unpaired) electrons. The molecule has 0 saturated carbocycles. The van der Waals surface area contributed by atoms with Gasteiger partial charge in [0.15, 0.2) is 0 Å². The van der Waals surface area contributed by atoms with Crippen molar-refractivity contribution >= 4 is 17.3 Å². The van der Waals surface area contributed by atoms with E-state index in [1.807, 2.05) is 6.92 Å². The van der Waals surface area contributed by atoms with Gasteiger partial charge in [-0.3, -0.25) is 9.97 Å². The topological polar surface area (TPSA) is 90.1 Å².